The molecule has 0 aliphatic carbocycles. The Kier molecular flexibility index (Phi) is 6.81. The molecular weight excluding hydrogens is 623 g/mol. The SMILES string of the molecule is c1ccc(-c2cccc(-c3ccc4c(c3)Oc3ccccc3-c3ccccc3Oc3cc(-n5c6ccccc6c6ccccc65)ccc3-4)c2)cc1. The zero-order valence-electron chi connectivity index (χ0n) is 27.7. The number of fused-ring (bicyclic) bond motifs is 9. The van der Waals surface area contributed by atoms with Crippen LogP contribution in [-0.2, 0) is 0 Å². The summed E-state index contributed by atoms with van der Waals surface area (Å²) in [7, 11) is 0. The largest absolute Gasteiger partial charge is 0.456 e. The van der Waals surface area contributed by atoms with Crippen LogP contribution in [0.2, 0.25) is 0 Å². The molecule has 1 aromatic heterocycles. The third-order valence-electron chi connectivity index (χ3n) is 9.88. The topological polar surface area (TPSA) is 23.4 Å². The number of nitrogens with zero attached hydrogens (tertiary/aromatic N) is 1. The van der Waals surface area contributed by atoms with Crippen molar-refractivity contribution in [2.75, 3.05) is 0 Å². The van der Waals surface area contributed by atoms with Crippen molar-refractivity contribution >= 4 is 21.8 Å². The zero-order valence-corrected chi connectivity index (χ0v) is 27.7. The predicted molar refractivity (Wildman–Crippen MR) is 209 cm³/mol. The summed E-state index contributed by atoms with van der Waals surface area (Å²) in [6.45, 7) is 0. The van der Waals surface area contributed by atoms with E-state index < -0.39 is 0 Å². The molecule has 0 atom stereocenters. The van der Waals surface area contributed by atoms with Gasteiger partial charge in [0.15, 0.2) is 0 Å². The van der Waals surface area contributed by atoms with E-state index in [1.807, 2.05) is 42.5 Å². The summed E-state index contributed by atoms with van der Waals surface area (Å²) in [6.07, 6.45) is 0. The van der Waals surface area contributed by atoms with Crippen molar-refractivity contribution in [3.63, 3.8) is 0 Å². The quantitative estimate of drug-likeness (QED) is 0.189. The number of aromatic nitrogens is 1. The molecule has 3 heteroatoms. The van der Waals surface area contributed by atoms with Crippen molar-refractivity contribution < 1.29 is 9.47 Å². The highest BCUT2D eigenvalue weighted by Crippen LogP contribution is 2.48. The van der Waals surface area contributed by atoms with Crippen molar-refractivity contribution in [2.24, 2.45) is 0 Å². The molecule has 3 nitrogen and oxygen atoms in total. The van der Waals surface area contributed by atoms with Crippen molar-refractivity contribution in [3.8, 4) is 73.2 Å². The Morgan fingerprint density at radius 1 is 0.294 bits per heavy atom. The summed E-state index contributed by atoms with van der Waals surface area (Å²) in [5, 5.41) is 2.44. The van der Waals surface area contributed by atoms with Crippen LogP contribution < -0.4 is 9.47 Å². The lowest BCUT2D eigenvalue weighted by atomic mass is 9.95. The molecule has 10 rings (SSSR count). The molecule has 0 spiro atoms. The van der Waals surface area contributed by atoms with Crippen LogP contribution in [0.1, 0.15) is 0 Å². The number of rotatable bonds is 3. The van der Waals surface area contributed by atoms with Crippen molar-refractivity contribution in [3.05, 3.63) is 188 Å². The lowest BCUT2D eigenvalue weighted by molar-refractivity contribution is 0.472. The number of ether oxygens (including phenoxy) is 2. The van der Waals surface area contributed by atoms with E-state index in [0.717, 1.165) is 73.1 Å². The lowest BCUT2D eigenvalue weighted by Gasteiger charge is -2.22. The minimum atomic E-state index is 0.755. The maximum Gasteiger partial charge on any atom is 0.137 e. The molecule has 240 valence electrons. The highest BCUT2D eigenvalue weighted by Gasteiger charge is 2.22. The average molecular weight is 654 g/mol. The fraction of sp³-hybridized carbons (Fsp3) is 0. The van der Waals surface area contributed by atoms with Gasteiger partial charge in [0.05, 0.1) is 11.0 Å². The highest BCUT2D eigenvalue weighted by atomic mass is 16.5. The van der Waals surface area contributed by atoms with Gasteiger partial charge in [0.1, 0.15) is 23.0 Å². The molecule has 51 heavy (non-hydrogen) atoms. The van der Waals surface area contributed by atoms with E-state index in [1.165, 1.54) is 21.9 Å². The minimum Gasteiger partial charge on any atom is -0.456 e. The van der Waals surface area contributed by atoms with Crippen molar-refractivity contribution in [1.82, 2.24) is 4.57 Å². The van der Waals surface area contributed by atoms with Gasteiger partial charge in [0.2, 0.25) is 0 Å². The highest BCUT2D eigenvalue weighted by molar-refractivity contribution is 6.09. The Balaban J connectivity index is 1.19. The number of hydrogen-bond donors (Lipinski definition) is 0. The monoisotopic (exact) mass is 653 g/mol. The summed E-state index contributed by atoms with van der Waals surface area (Å²) < 4.78 is 16.3. The predicted octanol–water partition coefficient (Wildman–Crippen LogP) is 13.3. The van der Waals surface area contributed by atoms with Gasteiger partial charge >= 0.3 is 0 Å². The Bertz CT molecular complexity index is 2710. The van der Waals surface area contributed by atoms with E-state index in [1.54, 1.807) is 0 Å². The molecule has 1 aliphatic heterocycles. The fourth-order valence-corrected chi connectivity index (χ4v) is 7.47. The first-order chi connectivity index (χ1) is 25.3. The molecule has 0 N–H and O–H groups in total. The second-order valence-corrected chi connectivity index (χ2v) is 12.9. The first-order valence-electron chi connectivity index (χ1n) is 17.3. The van der Waals surface area contributed by atoms with Crippen LogP contribution in [0.4, 0.5) is 0 Å². The normalized spacial score (nSPS) is 11.8. The number of benzene rings is 8. The maximum absolute atomic E-state index is 7.01. The van der Waals surface area contributed by atoms with Crippen LogP contribution in [0.25, 0.3) is 72.0 Å². The minimum absolute atomic E-state index is 0.755. The van der Waals surface area contributed by atoms with Crippen LogP contribution in [-0.4, -0.2) is 4.57 Å². The van der Waals surface area contributed by atoms with Gasteiger partial charge < -0.3 is 14.0 Å². The summed E-state index contributed by atoms with van der Waals surface area (Å²) >= 11 is 0. The van der Waals surface area contributed by atoms with E-state index in [9.17, 15) is 0 Å². The van der Waals surface area contributed by atoms with Gasteiger partial charge in [0, 0.05) is 44.8 Å². The van der Waals surface area contributed by atoms with E-state index in [4.69, 9.17) is 9.47 Å². The Morgan fingerprint density at radius 3 is 1.43 bits per heavy atom. The summed E-state index contributed by atoms with van der Waals surface area (Å²) in [5.41, 5.74) is 11.7. The Hall–Kier alpha value is -6.84. The van der Waals surface area contributed by atoms with Gasteiger partial charge in [-0.3, -0.25) is 0 Å². The van der Waals surface area contributed by atoms with E-state index in [2.05, 4.69) is 150 Å². The first kappa shape index (κ1) is 29.1. The second-order valence-electron chi connectivity index (χ2n) is 12.9. The van der Waals surface area contributed by atoms with Crippen molar-refractivity contribution in [2.45, 2.75) is 0 Å². The van der Waals surface area contributed by atoms with Crippen LogP contribution in [0.5, 0.6) is 23.0 Å². The molecule has 0 saturated heterocycles. The molecule has 0 radical (unpaired) electrons. The van der Waals surface area contributed by atoms with E-state index in [-0.39, 0.29) is 0 Å². The summed E-state index contributed by atoms with van der Waals surface area (Å²) in [4.78, 5) is 0. The molecule has 2 heterocycles. The number of hydrogen-bond acceptors (Lipinski definition) is 2. The molecule has 0 bridgehead atoms. The van der Waals surface area contributed by atoms with Gasteiger partial charge in [-0.25, -0.2) is 0 Å². The Morgan fingerprint density at radius 2 is 0.765 bits per heavy atom. The van der Waals surface area contributed by atoms with E-state index in [0.29, 0.717) is 0 Å². The van der Waals surface area contributed by atoms with Gasteiger partial charge in [-0.2, -0.15) is 0 Å². The average Bonchev–Trinajstić information content (AvgIpc) is 3.53. The third-order valence-corrected chi connectivity index (χ3v) is 9.88. The standard InChI is InChI=1S/C48H31NO2/c1-2-13-32(14-3-1)33-15-12-16-34(29-33)35-25-27-41-42-28-26-36(49-43-21-8-4-17-37(43)38-18-5-9-22-44(38)49)31-48(42)51-46-24-11-7-20-40(46)39-19-6-10-23-45(39)50-47(41)30-35/h1-31H. The van der Waals surface area contributed by atoms with Crippen LogP contribution >= 0.6 is 0 Å². The molecule has 1 aliphatic rings. The molecule has 0 saturated carbocycles. The number of para-hydroxylation sites is 4. The fourth-order valence-electron chi connectivity index (χ4n) is 7.47. The maximum atomic E-state index is 7.01. The first-order valence-corrected chi connectivity index (χ1v) is 17.3. The van der Waals surface area contributed by atoms with Crippen LogP contribution in [0.3, 0.4) is 0 Å². The third kappa shape index (κ3) is 4.98. The molecule has 8 aromatic carbocycles. The molecule has 0 unspecified atom stereocenters. The van der Waals surface area contributed by atoms with Crippen LogP contribution in [0, 0.1) is 0 Å². The lowest BCUT2D eigenvalue weighted by Crippen LogP contribution is -2.00. The van der Waals surface area contributed by atoms with Gasteiger partial charge in [-0.15, -0.1) is 0 Å². The second kappa shape index (κ2) is 11.9. The molecular formula is C48H31NO2. The summed E-state index contributed by atoms with van der Waals surface area (Å²) in [5.74, 6) is 3.06. The molecule has 0 fully saturated rings. The van der Waals surface area contributed by atoms with Gasteiger partial charge in [-0.05, 0) is 76.9 Å². The molecule has 9 aromatic rings. The smallest absolute Gasteiger partial charge is 0.137 e. The van der Waals surface area contributed by atoms with Gasteiger partial charge in [0.25, 0.3) is 0 Å². The van der Waals surface area contributed by atoms with Crippen molar-refractivity contribution in [1.29, 1.82) is 0 Å². The van der Waals surface area contributed by atoms with Gasteiger partial charge in [-0.1, -0.05) is 127 Å². The Labute approximate surface area is 296 Å². The molecule has 0 amide bonds. The summed E-state index contributed by atoms with van der Waals surface area (Å²) in [6, 6.07) is 65.8. The van der Waals surface area contributed by atoms with E-state index >= 15 is 0 Å². The zero-order chi connectivity index (χ0) is 33.7. The van der Waals surface area contributed by atoms with Crippen LogP contribution in [0.15, 0.2) is 188 Å².